The third-order valence-corrected chi connectivity index (χ3v) is 4.72. The fraction of sp³-hybridized carbons (Fsp3) is 0.118. The van der Waals surface area contributed by atoms with Gasteiger partial charge in [0.25, 0.3) is 10.0 Å². The van der Waals surface area contributed by atoms with E-state index in [0.29, 0.717) is 6.07 Å². The number of hydrogen-bond donors (Lipinski definition) is 2. The topological polar surface area (TPSA) is 92.7 Å². The van der Waals surface area contributed by atoms with Gasteiger partial charge in [-0.3, -0.25) is 4.72 Å². The number of rotatable bonds is 6. The Kier molecular flexibility index (Phi) is 5.79. The number of carboxylic acids is 1. The molecule has 0 unspecified atom stereocenters. The summed E-state index contributed by atoms with van der Waals surface area (Å²) in [4.78, 5) is 10.3. The number of hydrogen-bond acceptors (Lipinski definition) is 4. The molecule has 0 heterocycles. The van der Waals surface area contributed by atoms with E-state index in [1.807, 2.05) is 0 Å². The summed E-state index contributed by atoms with van der Waals surface area (Å²) in [5.41, 5.74) is -1.13. The molecule has 0 aliphatic heterocycles. The molecule has 2 N–H and O–H groups in total. The van der Waals surface area contributed by atoms with Crippen molar-refractivity contribution < 1.29 is 36.2 Å². The van der Waals surface area contributed by atoms with Gasteiger partial charge in [-0.2, -0.15) is 13.2 Å². The molecule has 0 amide bonds. The number of carboxylic acid groups (broad SMARTS) is 1. The van der Waals surface area contributed by atoms with Crippen molar-refractivity contribution in [2.75, 3.05) is 11.8 Å². The van der Waals surface area contributed by atoms with Crippen molar-refractivity contribution in [3.8, 4) is 5.75 Å². The Balaban J connectivity index is 2.42. The lowest BCUT2D eigenvalue weighted by Crippen LogP contribution is -2.15. The second-order valence-electron chi connectivity index (χ2n) is 5.26. The van der Waals surface area contributed by atoms with Crippen LogP contribution in [-0.2, 0) is 21.0 Å². The molecule has 0 atom stereocenters. The Hall–Kier alpha value is -3.01. The smallest absolute Gasteiger partial charge is 0.416 e. The first-order valence-electron chi connectivity index (χ1n) is 7.32. The maximum absolute atomic E-state index is 12.9. The molecule has 0 saturated heterocycles. The summed E-state index contributed by atoms with van der Waals surface area (Å²) in [6.07, 6.45) is -2.64. The quantitative estimate of drug-likeness (QED) is 0.722. The summed E-state index contributed by atoms with van der Waals surface area (Å²) in [5.74, 6) is -1.30. The Morgan fingerprint density at radius 2 is 1.89 bits per heavy atom. The molecular formula is C17H14F3NO5S. The van der Waals surface area contributed by atoms with Gasteiger partial charge in [-0.15, -0.1) is 0 Å². The third kappa shape index (κ3) is 5.23. The molecule has 0 fully saturated rings. The molecule has 10 heteroatoms. The molecular weight excluding hydrogens is 387 g/mol. The zero-order chi connectivity index (χ0) is 20.2. The molecule has 0 spiro atoms. The van der Waals surface area contributed by atoms with E-state index in [4.69, 9.17) is 9.84 Å². The van der Waals surface area contributed by atoms with E-state index >= 15 is 0 Å². The molecule has 2 aromatic carbocycles. The van der Waals surface area contributed by atoms with Crippen LogP contribution in [0.2, 0.25) is 0 Å². The highest BCUT2D eigenvalue weighted by molar-refractivity contribution is 7.92. The SMILES string of the molecule is COc1ccc(C(F)(F)F)cc1NS(=O)(=O)c1cccc(/C=C/C(=O)O)c1. The normalized spacial score (nSPS) is 12.1. The minimum Gasteiger partial charge on any atom is -0.495 e. The summed E-state index contributed by atoms with van der Waals surface area (Å²) in [6.45, 7) is 0. The van der Waals surface area contributed by atoms with Crippen LogP contribution >= 0.6 is 0 Å². The van der Waals surface area contributed by atoms with Gasteiger partial charge in [0.05, 0.1) is 23.3 Å². The second-order valence-corrected chi connectivity index (χ2v) is 6.94. The number of ether oxygens (including phenoxy) is 1. The summed E-state index contributed by atoms with van der Waals surface area (Å²) < 4.78 is 70.7. The maximum Gasteiger partial charge on any atom is 0.416 e. The summed E-state index contributed by atoms with van der Waals surface area (Å²) in [5, 5.41) is 8.63. The van der Waals surface area contributed by atoms with E-state index < -0.39 is 27.7 Å². The highest BCUT2D eigenvalue weighted by Gasteiger charge is 2.31. The van der Waals surface area contributed by atoms with E-state index in [1.165, 1.54) is 37.5 Å². The average Bonchev–Trinajstić information content (AvgIpc) is 2.59. The van der Waals surface area contributed by atoms with Crippen molar-refractivity contribution in [1.29, 1.82) is 0 Å². The van der Waals surface area contributed by atoms with Crippen LogP contribution in [0, 0.1) is 0 Å². The van der Waals surface area contributed by atoms with Crippen LogP contribution in [0.5, 0.6) is 5.75 Å². The Bertz CT molecular complexity index is 984. The van der Waals surface area contributed by atoms with E-state index in [2.05, 4.69) is 4.72 Å². The van der Waals surface area contributed by atoms with Crippen LogP contribution in [0.3, 0.4) is 0 Å². The lowest BCUT2D eigenvalue weighted by Gasteiger charge is -2.15. The van der Waals surface area contributed by atoms with Crippen LogP contribution in [0.4, 0.5) is 18.9 Å². The van der Waals surface area contributed by atoms with Gasteiger partial charge in [0.2, 0.25) is 0 Å². The molecule has 144 valence electrons. The molecule has 0 aliphatic carbocycles. The average molecular weight is 401 g/mol. The standard InChI is InChI=1S/C17H14F3NO5S/c1-26-15-7-6-12(17(18,19)20)10-14(15)21-27(24,25)13-4-2-3-11(9-13)5-8-16(22)23/h2-10,21H,1H3,(H,22,23)/b8-5+. The Morgan fingerprint density at radius 1 is 1.19 bits per heavy atom. The van der Waals surface area contributed by atoms with E-state index in [0.717, 1.165) is 18.2 Å². The number of carbonyl (C=O) groups is 1. The minimum atomic E-state index is -4.66. The molecule has 0 aliphatic rings. The molecule has 2 aromatic rings. The predicted molar refractivity (Wildman–Crippen MR) is 91.9 cm³/mol. The van der Waals surface area contributed by atoms with Gasteiger partial charge in [-0.1, -0.05) is 12.1 Å². The van der Waals surface area contributed by atoms with E-state index in [-0.39, 0.29) is 21.9 Å². The first-order valence-corrected chi connectivity index (χ1v) is 8.80. The van der Waals surface area contributed by atoms with Crippen molar-refractivity contribution in [2.45, 2.75) is 11.1 Å². The number of sulfonamides is 1. The second kappa shape index (κ2) is 7.70. The van der Waals surface area contributed by atoms with Crippen molar-refractivity contribution in [2.24, 2.45) is 0 Å². The number of halogens is 3. The lowest BCUT2D eigenvalue weighted by atomic mass is 10.2. The van der Waals surface area contributed by atoms with Gasteiger partial charge in [0.1, 0.15) is 5.75 Å². The first-order chi connectivity index (χ1) is 12.5. The van der Waals surface area contributed by atoms with Crippen molar-refractivity contribution in [1.82, 2.24) is 0 Å². The van der Waals surface area contributed by atoms with Gasteiger partial charge < -0.3 is 9.84 Å². The molecule has 2 rings (SSSR count). The summed E-state index contributed by atoms with van der Waals surface area (Å²) in [6, 6.07) is 7.66. The summed E-state index contributed by atoms with van der Waals surface area (Å²) in [7, 11) is -3.06. The molecule has 0 aromatic heterocycles. The predicted octanol–water partition coefficient (Wildman–Crippen LogP) is 3.61. The zero-order valence-electron chi connectivity index (χ0n) is 13.8. The highest BCUT2D eigenvalue weighted by Crippen LogP contribution is 2.35. The van der Waals surface area contributed by atoms with Crippen LogP contribution < -0.4 is 9.46 Å². The van der Waals surface area contributed by atoms with Crippen LogP contribution in [0.25, 0.3) is 6.08 Å². The Morgan fingerprint density at radius 3 is 2.48 bits per heavy atom. The molecule has 0 radical (unpaired) electrons. The van der Waals surface area contributed by atoms with Crippen molar-refractivity contribution in [3.05, 3.63) is 59.7 Å². The number of alkyl halides is 3. The minimum absolute atomic E-state index is 0.0893. The Labute approximate surface area is 153 Å². The van der Waals surface area contributed by atoms with Crippen molar-refractivity contribution >= 4 is 27.8 Å². The largest absolute Gasteiger partial charge is 0.495 e. The fourth-order valence-corrected chi connectivity index (χ4v) is 3.24. The van der Waals surface area contributed by atoms with E-state index in [9.17, 15) is 26.4 Å². The van der Waals surface area contributed by atoms with Gasteiger partial charge in [0.15, 0.2) is 0 Å². The molecule has 27 heavy (non-hydrogen) atoms. The number of aliphatic carboxylic acids is 1. The van der Waals surface area contributed by atoms with Crippen LogP contribution in [0.15, 0.2) is 53.4 Å². The molecule has 6 nitrogen and oxygen atoms in total. The number of benzene rings is 2. The fourth-order valence-electron chi connectivity index (χ4n) is 2.12. The zero-order valence-corrected chi connectivity index (χ0v) is 14.6. The van der Waals surface area contributed by atoms with Crippen LogP contribution in [0.1, 0.15) is 11.1 Å². The van der Waals surface area contributed by atoms with Crippen LogP contribution in [-0.4, -0.2) is 26.6 Å². The molecule has 0 bridgehead atoms. The number of anilines is 1. The van der Waals surface area contributed by atoms with Gasteiger partial charge in [-0.05, 0) is 42.0 Å². The first kappa shape index (κ1) is 20.3. The van der Waals surface area contributed by atoms with Gasteiger partial charge in [-0.25, -0.2) is 13.2 Å². The van der Waals surface area contributed by atoms with Crippen molar-refractivity contribution in [3.63, 3.8) is 0 Å². The van der Waals surface area contributed by atoms with E-state index in [1.54, 1.807) is 0 Å². The van der Waals surface area contributed by atoms with Gasteiger partial charge in [0, 0.05) is 6.08 Å². The monoisotopic (exact) mass is 401 g/mol. The molecule has 0 saturated carbocycles. The highest BCUT2D eigenvalue weighted by atomic mass is 32.2. The number of nitrogens with one attached hydrogen (secondary N) is 1. The maximum atomic E-state index is 12.9. The lowest BCUT2D eigenvalue weighted by molar-refractivity contribution is -0.137. The summed E-state index contributed by atoms with van der Waals surface area (Å²) >= 11 is 0. The number of methoxy groups -OCH3 is 1. The van der Waals surface area contributed by atoms with Gasteiger partial charge >= 0.3 is 12.1 Å². The third-order valence-electron chi connectivity index (χ3n) is 3.36.